The number of aromatic nitrogens is 5. The van der Waals surface area contributed by atoms with Crippen LogP contribution < -0.4 is 5.32 Å². The number of benzene rings is 1. The van der Waals surface area contributed by atoms with Gasteiger partial charge in [0.05, 0.1) is 22.9 Å². The molecule has 3 rings (SSSR count). The van der Waals surface area contributed by atoms with E-state index in [-0.39, 0.29) is 11.9 Å². The summed E-state index contributed by atoms with van der Waals surface area (Å²) in [5.41, 5.74) is 1.99. The molecule has 0 saturated carbocycles. The molecule has 0 bridgehead atoms. The molecule has 1 aromatic carbocycles. The number of hydrogen-bond donors (Lipinski definition) is 1. The van der Waals surface area contributed by atoms with Gasteiger partial charge in [0.1, 0.15) is 6.33 Å². The monoisotopic (exact) mass is 470 g/mol. The van der Waals surface area contributed by atoms with E-state index in [1.807, 2.05) is 35.9 Å². The molecule has 0 aliphatic heterocycles. The van der Waals surface area contributed by atoms with Crippen molar-refractivity contribution in [2.75, 3.05) is 5.32 Å². The van der Waals surface area contributed by atoms with Crippen molar-refractivity contribution in [2.45, 2.75) is 26.4 Å². The van der Waals surface area contributed by atoms with Gasteiger partial charge >= 0.3 is 0 Å². The molecule has 130 valence electrons. The van der Waals surface area contributed by atoms with Crippen molar-refractivity contribution in [3.05, 3.63) is 56.6 Å². The molecule has 0 saturated heterocycles. The summed E-state index contributed by atoms with van der Waals surface area (Å²) >= 11 is 8.36. The van der Waals surface area contributed by atoms with E-state index in [1.165, 1.54) is 0 Å². The lowest BCUT2D eigenvalue weighted by atomic mass is 10.2. The number of carbonyl (C=O) groups is 1. The molecule has 0 spiro atoms. The van der Waals surface area contributed by atoms with E-state index < -0.39 is 0 Å². The third-order valence-electron chi connectivity index (χ3n) is 3.67. The van der Waals surface area contributed by atoms with E-state index in [4.69, 9.17) is 11.6 Å². The van der Waals surface area contributed by atoms with Gasteiger partial charge in [0.25, 0.3) is 0 Å². The average molecular weight is 471 g/mol. The molecule has 0 atom stereocenters. The van der Waals surface area contributed by atoms with Crippen molar-refractivity contribution < 1.29 is 4.79 Å². The molecule has 0 radical (unpaired) electrons. The summed E-state index contributed by atoms with van der Waals surface area (Å²) in [7, 11) is 0. The number of amides is 1. The number of halogens is 2. The van der Waals surface area contributed by atoms with Crippen LogP contribution in [0.1, 0.15) is 17.7 Å². The zero-order chi connectivity index (χ0) is 17.8. The van der Waals surface area contributed by atoms with E-state index in [2.05, 4.69) is 43.1 Å². The van der Waals surface area contributed by atoms with Crippen LogP contribution in [0.5, 0.6) is 0 Å². The second kappa shape index (κ2) is 7.96. The summed E-state index contributed by atoms with van der Waals surface area (Å²) in [4.78, 5) is 16.2. The van der Waals surface area contributed by atoms with Gasteiger partial charge in [-0.2, -0.15) is 5.10 Å². The maximum atomic E-state index is 12.1. The first-order valence-electron chi connectivity index (χ1n) is 7.63. The topological polar surface area (TPSA) is 77.6 Å². The summed E-state index contributed by atoms with van der Waals surface area (Å²) in [6, 6.07) is 7.55. The van der Waals surface area contributed by atoms with Crippen molar-refractivity contribution in [2.24, 2.45) is 0 Å². The molecule has 2 heterocycles. The van der Waals surface area contributed by atoms with Crippen LogP contribution in [-0.2, 0) is 17.9 Å². The molecule has 0 fully saturated rings. The normalized spacial score (nSPS) is 10.8. The number of nitrogens with zero attached hydrogens (tertiary/aromatic N) is 5. The Bertz CT molecular complexity index is 890. The van der Waals surface area contributed by atoms with E-state index in [0.29, 0.717) is 24.5 Å². The zero-order valence-corrected chi connectivity index (χ0v) is 16.4. The fraction of sp³-hybridized carbons (Fsp3) is 0.250. The Morgan fingerprint density at radius 2 is 2.16 bits per heavy atom. The third kappa shape index (κ3) is 4.57. The van der Waals surface area contributed by atoms with E-state index in [1.54, 1.807) is 17.2 Å². The van der Waals surface area contributed by atoms with Crippen LogP contribution in [0.3, 0.4) is 0 Å². The molecule has 2 aromatic heterocycles. The van der Waals surface area contributed by atoms with Gasteiger partial charge in [0.2, 0.25) is 11.9 Å². The Morgan fingerprint density at radius 3 is 2.88 bits per heavy atom. The van der Waals surface area contributed by atoms with Gasteiger partial charge in [-0.3, -0.25) is 14.8 Å². The zero-order valence-electron chi connectivity index (χ0n) is 13.5. The summed E-state index contributed by atoms with van der Waals surface area (Å²) in [5.74, 6) is 0.129. The van der Waals surface area contributed by atoms with E-state index in [0.717, 1.165) is 14.8 Å². The number of nitrogens with one attached hydrogen (secondary N) is 1. The fourth-order valence-electron chi connectivity index (χ4n) is 2.27. The van der Waals surface area contributed by atoms with E-state index in [9.17, 15) is 4.79 Å². The first-order chi connectivity index (χ1) is 12.0. The molecule has 1 amide bonds. The van der Waals surface area contributed by atoms with Crippen molar-refractivity contribution in [1.29, 1.82) is 0 Å². The lowest BCUT2D eigenvalue weighted by molar-refractivity contribution is -0.116. The summed E-state index contributed by atoms with van der Waals surface area (Å²) in [6.45, 7) is 2.99. The van der Waals surface area contributed by atoms with Crippen LogP contribution in [0, 0.1) is 10.5 Å². The van der Waals surface area contributed by atoms with Crippen LogP contribution in [-0.4, -0.2) is 30.5 Å². The third-order valence-corrected chi connectivity index (χ3v) is 5.10. The Labute approximate surface area is 163 Å². The highest BCUT2D eigenvalue weighted by molar-refractivity contribution is 14.1. The molecule has 0 unspecified atom stereocenters. The van der Waals surface area contributed by atoms with Crippen molar-refractivity contribution in [3.8, 4) is 0 Å². The highest BCUT2D eigenvalue weighted by Crippen LogP contribution is 2.16. The van der Waals surface area contributed by atoms with Gasteiger partial charge in [-0.15, -0.1) is 5.10 Å². The van der Waals surface area contributed by atoms with E-state index >= 15 is 0 Å². The fourth-order valence-corrected chi connectivity index (χ4v) is 2.87. The van der Waals surface area contributed by atoms with Crippen molar-refractivity contribution >= 4 is 46.0 Å². The Morgan fingerprint density at radius 1 is 1.36 bits per heavy atom. The molecule has 0 aliphatic rings. The summed E-state index contributed by atoms with van der Waals surface area (Å²) in [5, 5.41) is 11.9. The number of aryl methyl sites for hydroxylation is 1. The lowest BCUT2D eigenvalue weighted by Crippen LogP contribution is -2.16. The van der Waals surface area contributed by atoms with Gasteiger partial charge in [0, 0.05) is 17.1 Å². The largest absolute Gasteiger partial charge is 0.293 e. The van der Waals surface area contributed by atoms with Crippen LogP contribution >= 0.6 is 34.2 Å². The maximum absolute atomic E-state index is 12.1. The highest BCUT2D eigenvalue weighted by atomic mass is 127. The summed E-state index contributed by atoms with van der Waals surface area (Å²) < 4.78 is 4.53. The standard InChI is InChI=1S/C16H16ClIN6O/c1-11-14(18)8-20-24(11)7-6-15(25)21-16-19-10-23(22-16)9-12-4-2-3-5-13(12)17/h2-5,8,10H,6-7,9H2,1H3,(H,21,22,25). The van der Waals surface area contributed by atoms with Crippen LogP contribution in [0.4, 0.5) is 5.95 Å². The van der Waals surface area contributed by atoms with Crippen LogP contribution in [0.2, 0.25) is 5.02 Å². The van der Waals surface area contributed by atoms with Crippen LogP contribution in [0.15, 0.2) is 36.8 Å². The van der Waals surface area contributed by atoms with Gasteiger partial charge in [-0.05, 0) is 41.1 Å². The molecule has 9 heteroatoms. The Balaban J connectivity index is 1.55. The molecule has 0 aliphatic carbocycles. The summed E-state index contributed by atoms with van der Waals surface area (Å²) in [6.07, 6.45) is 3.66. The number of anilines is 1. The average Bonchev–Trinajstić information content (AvgIpc) is 3.15. The first-order valence-corrected chi connectivity index (χ1v) is 9.09. The SMILES string of the molecule is Cc1c(I)cnn1CCC(=O)Nc1ncn(Cc2ccccc2Cl)n1. The van der Waals surface area contributed by atoms with Crippen LogP contribution in [0.25, 0.3) is 0 Å². The number of carbonyl (C=O) groups excluding carboxylic acids is 1. The molecular weight excluding hydrogens is 455 g/mol. The lowest BCUT2D eigenvalue weighted by Gasteiger charge is -2.05. The highest BCUT2D eigenvalue weighted by Gasteiger charge is 2.10. The number of hydrogen-bond acceptors (Lipinski definition) is 4. The van der Waals surface area contributed by atoms with Gasteiger partial charge in [-0.1, -0.05) is 29.8 Å². The van der Waals surface area contributed by atoms with Gasteiger partial charge in [0.15, 0.2) is 0 Å². The Kier molecular flexibility index (Phi) is 5.69. The Hall–Kier alpha value is -1.94. The molecule has 25 heavy (non-hydrogen) atoms. The van der Waals surface area contributed by atoms with Crippen molar-refractivity contribution in [3.63, 3.8) is 0 Å². The molecule has 7 nitrogen and oxygen atoms in total. The van der Waals surface area contributed by atoms with Gasteiger partial charge in [-0.25, -0.2) is 9.67 Å². The minimum atomic E-state index is -0.152. The number of rotatable bonds is 6. The van der Waals surface area contributed by atoms with Crippen molar-refractivity contribution in [1.82, 2.24) is 24.5 Å². The second-order valence-corrected chi connectivity index (χ2v) is 7.03. The minimum absolute atomic E-state index is 0.152. The first kappa shape index (κ1) is 17.9. The predicted molar refractivity (Wildman–Crippen MR) is 104 cm³/mol. The molecule has 3 aromatic rings. The smallest absolute Gasteiger partial charge is 0.248 e. The second-order valence-electron chi connectivity index (χ2n) is 5.46. The quantitative estimate of drug-likeness (QED) is 0.562. The molecule has 1 N–H and O–H groups in total. The molecular formula is C16H16ClIN6O. The van der Waals surface area contributed by atoms with Gasteiger partial charge < -0.3 is 0 Å². The minimum Gasteiger partial charge on any atom is -0.293 e. The predicted octanol–water partition coefficient (Wildman–Crippen LogP) is 3.12. The maximum Gasteiger partial charge on any atom is 0.248 e.